The van der Waals surface area contributed by atoms with Gasteiger partial charge in [0.15, 0.2) is 0 Å². The topological polar surface area (TPSA) is 66.9 Å². The first-order chi connectivity index (χ1) is 13.4. The molecule has 1 amide bonds. The third-order valence-electron chi connectivity index (χ3n) is 4.96. The lowest BCUT2D eigenvalue weighted by molar-refractivity contribution is 0.0785. The maximum absolute atomic E-state index is 12.9. The molecule has 1 aliphatic heterocycles. The molecule has 0 unspecified atom stereocenters. The molecule has 1 fully saturated rings. The number of sulfonamides is 1. The minimum atomic E-state index is -3.56. The second-order valence-electron chi connectivity index (χ2n) is 7.00. The zero-order valence-electron chi connectivity index (χ0n) is 16.3. The molecular formula is C21H26N2O4S. The van der Waals surface area contributed by atoms with E-state index in [4.69, 9.17) is 4.74 Å². The van der Waals surface area contributed by atoms with E-state index in [0.29, 0.717) is 25.2 Å². The fourth-order valence-electron chi connectivity index (χ4n) is 3.34. The van der Waals surface area contributed by atoms with Crippen LogP contribution in [-0.4, -0.2) is 50.8 Å². The van der Waals surface area contributed by atoms with Crippen LogP contribution in [0.1, 0.15) is 35.2 Å². The van der Waals surface area contributed by atoms with Gasteiger partial charge in [-0.05, 0) is 48.7 Å². The van der Waals surface area contributed by atoms with Crippen molar-refractivity contribution in [1.29, 1.82) is 0 Å². The Morgan fingerprint density at radius 3 is 2.39 bits per heavy atom. The molecular weight excluding hydrogens is 376 g/mol. The number of nitrogens with zero attached hydrogens (tertiary/aromatic N) is 2. The molecule has 0 spiro atoms. The first-order valence-electron chi connectivity index (χ1n) is 9.40. The Bertz CT molecular complexity index is 920. The summed E-state index contributed by atoms with van der Waals surface area (Å²) in [4.78, 5) is 14.6. The van der Waals surface area contributed by atoms with Crippen molar-refractivity contribution in [1.82, 2.24) is 9.21 Å². The van der Waals surface area contributed by atoms with Gasteiger partial charge in [0.2, 0.25) is 10.0 Å². The molecule has 1 heterocycles. The van der Waals surface area contributed by atoms with E-state index in [1.165, 1.54) is 10.4 Å². The second-order valence-corrected chi connectivity index (χ2v) is 8.94. The van der Waals surface area contributed by atoms with E-state index in [1.807, 2.05) is 24.3 Å². The Balaban J connectivity index is 1.75. The number of ether oxygens (including phenoxy) is 1. The lowest BCUT2D eigenvalue weighted by Gasteiger charge is -2.26. The third-order valence-corrected chi connectivity index (χ3v) is 6.85. The fraction of sp³-hybridized carbons (Fsp3) is 0.381. The van der Waals surface area contributed by atoms with Crippen LogP contribution in [0.5, 0.6) is 5.75 Å². The highest BCUT2D eigenvalue weighted by Crippen LogP contribution is 2.22. The highest BCUT2D eigenvalue weighted by atomic mass is 32.2. The molecule has 0 saturated carbocycles. The average molecular weight is 403 g/mol. The summed E-state index contributed by atoms with van der Waals surface area (Å²) in [6, 6.07) is 13.8. The molecule has 150 valence electrons. The van der Waals surface area contributed by atoms with Crippen LogP contribution in [-0.2, 0) is 16.6 Å². The van der Waals surface area contributed by atoms with Gasteiger partial charge in [0.1, 0.15) is 5.75 Å². The van der Waals surface area contributed by atoms with Gasteiger partial charge in [-0.1, -0.05) is 24.6 Å². The molecule has 3 rings (SSSR count). The van der Waals surface area contributed by atoms with Gasteiger partial charge >= 0.3 is 0 Å². The van der Waals surface area contributed by atoms with Gasteiger partial charge < -0.3 is 9.64 Å². The fourth-order valence-corrected chi connectivity index (χ4v) is 4.90. The molecule has 2 aromatic rings. The van der Waals surface area contributed by atoms with Gasteiger partial charge in [-0.15, -0.1) is 0 Å². The third kappa shape index (κ3) is 4.54. The summed E-state index contributed by atoms with van der Waals surface area (Å²) in [5, 5.41) is 0. The van der Waals surface area contributed by atoms with Crippen LogP contribution < -0.4 is 4.74 Å². The number of hydrogen-bond donors (Lipinski definition) is 0. The van der Waals surface area contributed by atoms with Gasteiger partial charge in [-0.25, -0.2) is 8.42 Å². The van der Waals surface area contributed by atoms with Gasteiger partial charge in [0.05, 0.1) is 12.0 Å². The zero-order valence-corrected chi connectivity index (χ0v) is 17.1. The molecule has 1 aliphatic rings. The van der Waals surface area contributed by atoms with E-state index in [-0.39, 0.29) is 10.8 Å². The normalized spacial score (nSPS) is 15.2. The van der Waals surface area contributed by atoms with Crippen LogP contribution in [0, 0.1) is 0 Å². The molecule has 6 nitrogen and oxygen atoms in total. The van der Waals surface area contributed by atoms with Gasteiger partial charge in [0, 0.05) is 32.2 Å². The van der Waals surface area contributed by atoms with Crippen molar-refractivity contribution in [3.8, 4) is 5.75 Å². The van der Waals surface area contributed by atoms with E-state index >= 15 is 0 Å². The summed E-state index contributed by atoms with van der Waals surface area (Å²) >= 11 is 0. The first kappa shape index (κ1) is 20.4. The Hall–Kier alpha value is -2.38. The SMILES string of the molecule is COc1ccc(CN(C)C(=O)c2cccc(S(=O)(=O)N3CCCCC3)c2)cc1. The van der Waals surface area contributed by atoms with E-state index in [0.717, 1.165) is 30.6 Å². The molecule has 0 radical (unpaired) electrons. The number of amides is 1. The number of rotatable bonds is 6. The second kappa shape index (κ2) is 8.75. The Morgan fingerprint density at radius 2 is 1.75 bits per heavy atom. The van der Waals surface area contributed by atoms with E-state index in [9.17, 15) is 13.2 Å². The number of hydrogen-bond acceptors (Lipinski definition) is 4. The van der Waals surface area contributed by atoms with Crippen LogP contribution in [0.3, 0.4) is 0 Å². The predicted molar refractivity (Wildman–Crippen MR) is 108 cm³/mol. The van der Waals surface area contributed by atoms with Crippen molar-refractivity contribution >= 4 is 15.9 Å². The van der Waals surface area contributed by atoms with Crippen LogP contribution >= 0.6 is 0 Å². The molecule has 7 heteroatoms. The standard InChI is InChI=1S/C21H26N2O4S/c1-22(16-17-9-11-19(27-2)12-10-17)21(24)18-7-6-8-20(15-18)28(25,26)23-13-4-3-5-14-23/h6-12,15H,3-5,13-14,16H2,1-2H3. The van der Waals surface area contributed by atoms with Crippen molar-refractivity contribution < 1.29 is 17.9 Å². The molecule has 2 aromatic carbocycles. The molecule has 0 N–H and O–H groups in total. The number of benzene rings is 2. The minimum absolute atomic E-state index is 0.179. The van der Waals surface area contributed by atoms with Gasteiger partial charge in [0.25, 0.3) is 5.91 Å². The minimum Gasteiger partial charge on any atom is -0.497 e. The zero-order chi connectivity index (χ0) is 20.1. The smallest absolute Gasteiger partial charge is 0.253 e. The molecule has 28 heavy (non-hydrogen) atoms. The number of carbonyl (C=O) groups is 1. The van der Waals surface area contributed by atoms with Crippen LogP contribution in [0.4, 0.5) is 0 Å². The van der Waals surface area contributed by atoms with Crippen molar-refractivity contribution in [2.24, 2.45) is 0 Å². The summed E-state index contributed by atoms with van der Waals surface area (Å²) in [5.74, 6) is 0.542. The van der Waals surface area contributed by atoms with E-state index in [1.54, 1.807) is 37.3 Å². The monoisotopic (exact) mass is 402 g/mol. The number of carbonyl (C=O) groups excluding carboxylic acids is 1. The average Bonchev–Trinajstić information content (AvgIpc) is 2.74. The van der Waals surface area contributed by atoms with E-state index in [2.05, 4.69) is 0 Å². The Morgan fingerprint density at radius 1 is 1.07 bits per heavy atom. The van der Waals surface area contributed by atoms with Crippen molar-refractivity contribution in [2.45, 2.75) is 30.7 Å². The molecule has 0 aromatic heterocycles. The highest BCUT2D eigenvalue weighted by molar-refractivity contribution is 7.89. The van der Waals surface area contributed by atoms with Gasteiger partial charge in [-0.2, -0.15) is 4.31 Å². The summed E-state index contributed by atoms with van der Waals surface area (Å²) in [5.41, 5.74) is 1.34. The lowest BCUT2D eigenvalue weighted by Crippen LogP contribution is -2.35. The largest absolute Gasteiger partial charge is 0.497 e. The summed E-state index contributed by atoms with van der Waals surface area (Å²) in [6.07, 6.45) is 2.81. The van der Waals surface area contributed by atoms with Crippen LogP contribution in [0.15, 0.2) is 53.4 Å². The summed E-state index contributed by atoms with van der Waals surface area (Å²) < 4.78 is 32.4. The van der Waals surface area contributed by atoms with Crippen molar-refractivity contribution in [2.75, 3.05) is 27.2 Å². The molecule has 0 atom stereocenters. The summed E-state index contributed by atoms with van der Waals surface area (Å²) in [6.45, 7) is 1.50. The highest BCUT2D eigenvalue weighted by Gasteiger charge is 2.26. The maximum atomic E-state index is 12.9. The lowest BCUT2D eigenvalue weighted by atomic mass is 10.1. The predicted octanol–water partition coefficient (Wildman–Crippen LogP) is 3.14. The van der Waals surface area contributed by atoms with Crippen LogP contribution in [0.25, 0.3) is 0 Å². The number of methoxy groups -OCH3 is 1. The first-order valence-corrected chi connectivity index (χ1v) is 10.8. The van der Waals surface area contributed by atoms with Crippen molar-refractivity contribution in [3.63, 3.8) is 0 Å². The van der Waals surface area contributed by atoms with E-state index < -0.39 is 10.0 Å². The van der Waals surface area contributed by atoms with Crippen LogP contribution in [0.2, 0.25) is 0 Å². The van der Waals surface area contributed by atoms with Gasteiger partial charge in [-0.3, -0.25) is 4.79 Å². The summed E-state index contributed by atoms with van der Waals surface area (Å²) in [7, 11) is -0.248. The molecule has 0 aliphatic carbocycles. The molecule has 0 bridgehead atoms. The maximum Gasteiger partial charge on any atom is 0.253 e. The number of piperidine rings is 1. The quantitative estimate of drug-likeness (QED) is 0.745. The molecule has 1 saturated heterocycles. The van der Waals surface area contributed by atoms with Crippen molar-refractivity contribution in [3.05, 3.63) is 59.7 Å². The Kier molecular flexibility index (Phi) is 6.36. The Labute approximate surface area is 166 Å².